The molecule has 0 bridgehead atoms. The van der Waals surface area contributed by atoms with Crippen LogP contribution in [0.2, 0.25) is 0 Å². The molecule has 0 spiro atoms. The summed E-state index contributed by atoms with van der Waals surface area (Å²) in [7, 11) is 0. The van der Waals surface area contributed by atoms with E-state index in [0.29, 0.717) is 0 Å². The maximum absolute atomic E-state index is 11.8. The molecule has 0 aliphatic carbocycles. The van der Waals surface area contributed by atoms with Crippen LogP contribution in [0.15, 0.2) is 6.20 Å². The fourth-order valence-electron chi connectivity index (χ4n) is 0.746. The highest BCUT2D eigenvalue weighted by Crippen LogP contribution is 2.15. The van der Waals surface area contributed by atoms with E-state index in [0.717, 1.165) is 6.20 Å². The molecule has 3 N–H and O–H groups in total. The molecule has 0 aromatic carbocycles. The van der Waals surface area contributed by atoms with E-state index in [-0.39, 0.29) is 17.3 Å². The van der Waals surface area contributed by atoms with Gasteiger partial charge in [-0.15, -0.1) is 0 Å². The number of nitriles is 1. The quantitative estimate of drug-likeness (QED) is 0.768. The van der Waals surface area contributed by atoms with Crippen molar-refractivity contribution < 1.29 is 13.2 Å². The minimum absolute atomic E-state index is 0.0209. The van der Waals surface area contributed by atoms with Gasteiger partial charge in [0.2, 0.25) is 5.95 Å². The summed E-state index contributed by atoms with van der Waals surface area (Å²) in [4.78, 5) is 6.97. The Morgan fingerprint density at radius 2 is 2.20 bits per heavy atom. The monoisotopic (exact) mass is 217 g/mol. The van der Waals surface area contributed by atoms with Gasteiger partial charge in [-0.1, -0.05) is 0 Å². The van der Waals surface area contributed by atoms with Crippen LogP contribution in [0.4, 0.5) is 24.9 Å². The van der Waals surface area contributed by atoms with Gasteiger partial charge in [-0.2, -0.15) is 23.4 Å². The van der Waals surface area contributed by atoms with Gasteiger partial charge in [-0.05, 0) is 0 Å². The van der Waals surface area contributed by atoms with Gasteiger partial charge in [-0.25, -0.2) is 4.98 Å². The Kier molecular flexibility index (Phi) is 2.94. The van der Waals surface area contributed by atoms with Crippen molar-refractivity contribution in [2.75, 3.05) is 17.6 Å². The number of anilines is 2. The molecule has 1 rings (SSSR count). The molecular weight excluding hydrogens is 211 g/mol. The lowest BCUT2D eigenvalue weighted by atomic mass is 10.3. The summed E-state index contributed by atoms with van der Waals surface area (Å²) >= 11 is 0. The molecule has 1 aromatic heterocycles. The van der Waals surface area contributed by atoms with Crippen molar-refractivity contribution >= 4 is 11.8 Å². The first kappa shape index (κ1) is 11.0. The lowest BCUT2D eigenvalue weighted by molar-refractivity contribution is -0.115. The molecule has 0 saturated carbocycles. The average molecular weight is 217 g/mol. The normalized spacial score (nSPS) is 10.8. The molecule has 0 saturated heterocycles. The molecule has 15 heavy (non-hydrogen) atoms. The number of aromatic nitrogens is 2. The van der Waals surface area contributed by atoms with E-state index < -0.39 is 12.7 Å². The first-order valence-electron chi connectivity index (χ1n) is 3.75. The van der Waals surface area contributed by atoms with Gasteiger partial charge in [0.15, 0.2) is 0 Å². The van der Waals surface area contributed by atoms with Gasteiger partial charge in [0, 0.05) is 0 Å². The molecule has 1 aromatic rings. The molecule has 0 radical (unpaired) electrons. The van der Waals surface area contributed by atoms with Gasteiger partial charge >= 0.3 is 6.18 Å². The van der Waals surface area contributed by atoms with E-state index in [1.807, 2.05) is 5.32 Å². The molecule has 0 atom stereocenters. The van der Waals surface area contributed by atoms with Crippen molar-refractivity contribution in [1.82, 2.24) is 9.97 Å². The lowest BCUT2D eigenvalue weighted by Crippen LogP contribution is -2.22. The highest BCUT2D eigenvalue weighted by atomic mass is 19.4. The SMILES string of the molecule is N#Cc1cnc(NCC(F)(F)F)nc1N. The molecule has 0 fully saturated rings. The zero-order valence-electron chi connectivity index (χ0n) is 7.34. The Balaban J connectivity index is 2.73. The topological polar surface area (TPSA) is 87.6 Å². The minimum atomic E-state index is -4.36. The predicted molar refractivity (Wildman–Crippen MR) is 45.7 cm³/mol. The van der Waals surface area contributed by atoms with E-state index in [2.05, 4.69) is 9.97 Å². The average Bonchev–Trinajstić information content (AvgIpc) is 2.14. The number of halogens is 3. The zero-order chi connectivity index (χ0) is 11.5. The molecule has 1 heterocycles. The third-order valence-corrected chi connectivity index (χ3v) is 1.39. The highest BCUT2D eigenvalue weighted by molar-refractivity contribution is 5.49. The van der Waals surface area contributed by atoms with Crippen molar-refractivity contribution in [2.24, 2.45) is 0 Å². The molecule has 0 amide bonds. The molecule has 80 valence electrons. The Morgan fingerprint density at radius 3 is 2.67 bits per heavy atom. The van der Waals surface area contributed by atoms with Crippen molar-refractivity contribution in [3.8, 4) is 6.07 Å². The van der Waals surface area contributed by atoms with Gasteiger partial charge in [0.25, 0.3) is 0 Å². The van der Waals surface area contributed by atoms with Crippen LogP contribution in [0, 0.1) is 11.3 Å². The standard InChI is InChI=1S/C7H6F3N5/c8-7(9,10)3-14-6-13-2-4(1-11)5(12)15-6/h2H,3H2,(H3,12,13,14,15). The third-order valence-electron chi connectivity index (χ3n) is 1.39. The number of hydrogen-bond donors (Lipinski definition) is 2. The van der Waals surface area contributed by atoms with Crippen LogP contribution >= 0.6 is 0 Å². The predicted octanol–water partition coefficient (Wildman–Crippen LogP) is 0.905. The van der Waals surface area contributed by atoms with Crippen LogP contribution in [-0.2, 0) is 0 Å². The fraction of sp³-hybridized carbons (Fsp3) is 0.286. The molecule has 0 aliphatic rings. The van der Waals surface area contributed by atoms with Gasteiger partial charge < -0.3 is 11.1 Å². The number of hydrogen-bond acceptors (Lipinski definition) is 5. The molecule has 5 nitrogen and oxygen atoms in total. The van der Waals surface area contributed by atoms with Crippen molar-refractivity contribution in [1.29, 1.82) is 5.26 Å². The second-order valence-corrected chi connectivity index (χ2v) is 2.57. The second-order valence-electron chi connectivity index (χ2n) is 2.57. The summed E-state index contributed by atoms with van der Waals surface area (Å²) in [5.41, 5.74) is 5.30. The molecular formula is C7H6F3N5. The minimum Gasteiger partial charge on any atom is -0.382 e. The van der Waals surface area contributed by atoms with E-state index in [4.69, 9.17) is 11.0 Å². The highest BCUT2D eigenvalue weighted by Gasteiger charge is 2.27. The van der Waals surface area contributed by atoms with Crippen LogP contribution in [0.1, 0.15) is 5.56 Å². The number of nitrogen functional groups attached to an aromatic ring is 1. The fourth-order valence-corrected chi connectivity index (χ4v) is 0.746. The Bertz CT molecular complexity index is 395. The number of nitrogens with two attached hydrogens (primary N) is 1. The molecule has 0 unspecified atom stereocenters. The first-order chi connectivity index (χ1) is 6.92. The maximum atomic E-state index is 11.8. The van der Waals surface area contributed by atoms with E-state index in [1.54, 1.807) is 6.07 Å². The molecule has 0 aliphatic heterocycles. The summed E-state index contributed by atoms with van der Waals surface area (Å²) in [5.74, 6) is -0.416. The lowest BCUT2D eigenvalue weighted by Gasteiger charge is -2.08. The van der Waals surface area contributed by atoms with E-state index in [1.165, 1.54) is 0 Å². The van der Waals surface area contributed by atoms with Gasteiger partial charge in [-0.3, -0.25) is 0 Å². The Labute approximate surface area is 82.7 Å². The van der Waals surface area contributed by atoms with Gasteiger partial charge in [0.1, 0.15) is 24.0 Å². The van der Waals surface area contributed by atoms with Crippen LogP contribution in [0.5, 0.6) is 0 Å². The van der Waals surface area contributed by atoms with Crippen molar-refractivity contribution in [3.05, 3.63) is 11.8 Å². The largest absolute Gasteiger partial charge is 0.405 e. The van der Waals surface area contributed by atoms with E-state index in [9.17, 15) is 13.2 Å². The first-order valence-corrected chi connectivity index (χ1v) is 3.75. The summed E-state index contributed by atoms with van der Waals surface area (Å²) in [6.45, 7) is -1.25. The van der Waals surface area contributed by atoms with Crippen LogP contribution in [-0.4, -0.2) is 22.7 Å². The smallest absolute Gasteiger partial charge is 0.382 e. The Morgan fingerprint density at radius 1 is 1.53 bits per heavy atom. The van der Waals surface area contributed by atoms with Crippen molar-refractivity contribution in [2.45, 2.75) is 6.18 Å². The third kappa shape index (κ3) is 3.30. The summed E-state index contributed by atoms with van der Waals surface area (Å²) in [6.07, 6.45) is -3.30. The zero-order valence-corrected chi connectivity index (χ0v) is 7.34. The maximum Gasteiger partial charge on any atom is 0.405 e. The number of nitrogens with one attached hydrogen (secondary N) is 1. The van der Waals surface area contributed by atoms with Crippen LogP contribution in [0.25, 0.3) is 0 Å². The number of rotatable bonds is 2. The number of alkyl halides is 3. The van der Waals surface area contributed by atoms with Gasteiger partial charge in [0.05, 0.1) is 6.20 Å². The van der Waals surface area contributed by atoms with Crippen LogP contribution < -0.4 is 11.1 Å². The Hall–Kier alpha value is -2.04. The summed E-state index contributed by atoms with van der Waals surface area (Å²) < 4.78 is 35.4. The molecule has 8 heteroatoms. The van der Waals surface area contributed by atoms with Crippen molar-refractivity contribution in [3.63, 3.8) is 0 Å². The summed E-state index contributed by atoms with van der Waals surface area (Å²) in [5, 5.41) is 10.4. The second kappa shape index (κ2) is 4.00. The van der Waals surface area contributed by atoms with E-state index >= 15 is 0 Å². The van der Waals surface area contributed by atoms with Crippen LogP contribution in [0.3, 0.4) is 0 Å². The summed E-state index contributed by atoms with van der Waals surface area (Å²) in [6, 6.07) is 1.69. The number of nitrogens with zero attached hydrogens (tertiary/aromatic N) is 3.